The number of aliphatic hydroxyl groups is 1. The van der Waals surface area contributed by atoms with Crippen molar-refractivity contribution in [3.63, 3.8) is 0 Å². The lowest BCUT2D eigenvalue weighted by Crippen LogP contribution is -2.07. The normalized spacial score (nSPS) is 11.5. The number of ether oxygens (including phenoxy) is 1. The van der Waals surface area contributed by atoms with Crippen molar-refractivity contribution in [3.8, 4) is 5.75 Å². The zero-order chi connectivity index (χ0) is 15.5. The van der Waals surface area contributed by atoms with Crippen LogP contribution in [0.15, 0.2) is 42.5 Å². The minimum absolute atomic E-state index is 0.0187. The van der Waals surface area contributed by atoms with Crippen LogP contribution in [0.5, 0.6) is 5.75 Å². The number of aliphatic hydroxyl groups excluding tert-OH is 1. The molecule has 0 radical (unpaired) electrons. The van der Waals surface area contributed by atoms with Gasteiger partial charge in [-0.1, -0.05) is 29.8 Å². The minimum atomic E-state index is -4.50. The summed E-state index contributed by atoms with van der Waals surface area (Å²) in [5.74, 6) is 0.477. The molecule has 2 nitrogen and oxygen atoms in total. The first kappa shape index (κ1) is 15.7. The van der Waals surface area contributed by atoms with Crippen LogP contribution in [0.25, 0.3) is 0 Å². The van der Waals surface area contributed by atoms with Crippen molar-refractivity contribution in [3.05, 3.63) is 64.2 Å². The summed E-state index contributed by atoms with van der Waals surface area (Å²) in [7, 11) is 0. The highest BCUT2D eigenvalue weighted by atomic mass is 35.5. The van der Waals surface area contributed by atoms with Crippen molar-refractivity contribution in [2.24, 2.45) is 0 Å². The molecule has 0 fully saturated rings. The largest absolute Gasteiger partial charge is 0.489 e. The molecule has 0 saturated carbocycles. The third-order valence-electron chi connectivity index (χ3n) is 2.82. The summed E-state index contributed by atoms with van der Waals surface area (Å²) in [5.41, 5.74) is 0.148. The van der Waals surface area contributed by atoms with E-state index in [1.54, 1.807) is 24.3 Å². The van der Waals surface area contributed by atoms with Gasteiger partial charge in [0.1, 0.15) is 12.4 Å². The van der Waals surface area contributed by atoms with Gasteiger partial charge in [0.2, 0.25) is 0 Å². The van der Waals surface area contributed by atoms with Crippen LogP contribution in [0.4, 0.5) is 13.2 Å². The average Bonchev–Trinajstić information content (AvgIpc) is 2.45. The second-order valence-electron chi connectivity index (χ2n) is 4.41. The van der Waals surface area contributed by atoms with Crippen molar-refractivity contribution < 1.29 is 23.0 Å². The number of rotatable bonds is 4. The van der Waals surface area contributed by atoms with Crippen molar-refractivity contribution >= 4 is 11.6 Å². The summed E-state index contributed by atoms with van der Waals surface area (Å²) in [6, 6.07) is 10.4. The lowest BCUT2D eigenvalue weighted by molar-refractivity contribution is -0.137. The first-order chi connectivity index (χ1) is 9.90. The number of alkyl halides is 3. The molecule has 2 aromatic carbocycles. The second-order valence-corrected chi connectivity index (χ2v) is 4.81. The van der Waals surface area contributed by atoms with E-state index in [0.29, 0.717) is 16.9 Å². The number of hydrogen-bond donors (Lipinski definition) is 1. The Morgan fingerprint density at radius 2 is 1.81 bits per heavy atom. The zero-order valence-corrected chi connectivity index (χ0v) is 11.6. The van der Waals surface area contributed by atoms with Crippen LogP contribution in [0, 0.1) is 0 Å². The van der Waals surface area contributed by atoms with E-state index < -0.39 is 11.7 Å². The summed E-state index contributed by atoms with van der Waals surface area (Å²) >= 11 is 5.55. The van der Waals surface area contributed by atoms with Crippen LogP contribution in [-0.2, 0) is 19.4 Å². The first-order valence-electron chi connectivity index (χ1n) is 6.08. The monoisotopic (exact) mass is 316 g/mol. The quantitative estimate of drug-likeness (QED) is 0.904. The Balaban J connectivity index is 2.13. The molecular formula is C15H12ClF3O2. The summed E-state index contributed by atoms with van der Waals surface area (Å²) in [6.07, 6.45) is -4.50. The molecule has 0 saturated heterocycles. The average molecular weight is 317 g/mol. The molecule has 112 valence electrons. The van der Waals surface area contributed by atoms with Crippen LogP contribution in [-0.4, -0.2) is 5.11 Å². The van der Waals surface area contributed by atoms with Crippen LogP contribution in [0.1, 0.15) is 16.7 Å². The molecule has 0 heterocycles. The Kier molecular flexibility index (Phi) is 4.75. The molecule has 1 N–H and O–H groups in total. The molecule has 6 heteroatoms. The summed E-state index contributed by atoms with van der Waals surface area (Å²) in [4.78, 5) is 0. The molecule has 0 aromatic heterocycles. The molecule has 0 aliphatic heterocycles. The third-order valence-corrected chi connectivity index (χ3v) is 3.15. The van der Waals surface area contributed by atoms with E-state index in [1.807, 2.05) is 0 Å². The first-order valence-corrected chi connectivity index (χ1v) is 6.46. The summed E-state index contributed by atoms with van der Waals surface area (Å²) in [5, 5.41) is 8.67. The van der Waals surface area contributed by atoms with E-state index in [0.717, 1.165) is 6.07 Å². The lowest BCUT2D eigenvalue weighted by atomic mass is 10.1. The Morgan fingerprint density at radius 3 is 2.48 bits per heavy atom. The highest BCUT2D eigenvalue weighted by Gasteiger charge is 2.33. The molecule has 2 rings (SSSR count). The molecule has 0 amide bonds. The van der Waals surface area contributed by atoms with Gasteiger partial charge in [-0.2, -0.15) is 13.2 Å². The predicted octanol–water partition coefficient (Wildman–Crippen LogP) is 4.43. The van der Waals surface area contributed by atoms with E-state index >= 15 is 0 Å². The maximum Gasteiger partial charge on any atom is 0.417 e. The zero-order valence-electron chi connectivity index (χ0n) is 10.8. The van der Waals surface area contributed by atoms with Gasteiger partial charge < -0.3 is 9.84 Å². The molecule has 21 heavy (non-hydrogen) atoms. The van der Waals surface area contributed by atoms with Gasteiger partial charge >= 0.3 is 6.18 Å². The van der Waals surface area contributed by atoms with Gasteiger partial charge in [-0.25, -0.2) is 0 Å². The van der Waals surface area contributed by atoms with Crippen molar-refractivity contribution in [2.75, 3.05) is 0 Å². The van der Waals surface area contributed by atoms with Gasteiger partial charge in [0, 0.05) is 0 Å². The molecule has 0 unspecified atom stereocenters. The second kappa shape index (κ2) is 6.37. The Labute approximate surface area is 124 Å². The summed E-state index contributed by atoms with van der Waals surface area (Å²) in [6.45, 7) is -0.147. The third kappa shape index (κ3) is 4.12. The summed E-state index contributed by atoms with van der Waals surface area (Å²) < 4.78 is 43.6. The maximum absolute atomic E-state index is 12.7. The Hall–Kier alpha value is -1.72. The lowest BCUT2D eigenvalue weighted by Gasteiger charge is -2.12. The minimum Gasteiger partial charge on any atom is -0.489 e. The van der Waals surface area contributed by atoms with E-state index in [2.05, 4.69) is 0 Å². The van der Waals surface area contributed by atoms with Crippen molar-refractivity contribution in [1.29, 1.82) is 0 Å². The van der Waals surface area contributed by atoms with Gasteiger partial charge in [-0.15, -0.1) is 0 Å². The van der Waals surface area contributed by atoms with Gasteiger partial charge in [-0.3, -0.25) is 0 Å². The predicted molar refractivity (Wildman–Crippen MR) is 73.2 cm³/mol. The van der Waals surface area contributed by atoms with E-state index in [1.165, 1.54) is 12.1 Å². The SMILES string of the molecule is OCc1cccc(OCc2ccc(Cl)c(C(F)(F)F)c2)c1. The smallest absolute Gasteiger partial charge is 0.417 e. The van der Waals surface area contributed by atoms with Gasteiger partial charge in [0.05, 0.1) is 17.2 Å². The highest BCUT2D eigenvalue weighted by Crippen LogP contribution is 2.35. The van der Waals surface area contributed by atoms with Crippen LogP contribution < -0.4 is 4.74 Å². The van der Waals surface area contributed by atoms with E-state index in [-0.39, 0.29) is 18.2 Å². The molecule has 0 aliphatic rings. The number of halogens is 4. The van der Waals surface area contributed by atoms with Crippen molar-refractivity contribution in [1.82, 2.24) is 0 Å². The highest BCUT2D eigenvalue weighted by molar-refractivity contribution is 6.31. The molecule has 0 spiro atoms. The fourth-order valence-electron chi connectivity index (χ4n) is 1.78. The van der Waals surface area contributed by atoms with Gasteiger partial charge in [-0.05, 0) is 35.4 Å². The molecule has 0 bridgehead atoms. The van der Waals surface area contributed by atoms with Gasteiger partial charge in [0.15, 0.2) is 0 Å². The fraction of sp³-hybridized carbons (Fsp3) is 0.200. The number of benzene rings is 2. The molecule has 2 aromatic rings. The molecular weight excluding hydrogens is 305 g/mol. The topological polar surface area (TPSA) is 29.5 Å². The Morgan fingerprint density at radius 1 is 1.05 bits per heavy atom. The Bertz CT molecular complexity index is 627. The van der Waals surface area contributed by atoms with E-state index in [4.69, 9.17) is 21.4 Å². The van der Waals surface area contributed by atoms with Gasteiger partial charge in [0.25, 0.3) is 0 Å². The molecule has 0 aliphatic carbocycles. The standard InChI is InChI=1S/C15H12ClF3O2/c16-14-5-4-11(7-13(14)15(17,18)19)9-21-12-3-1-2-10(6-12)8-20/h1-7,20H,8-9H2. The molecule has 0 atom stereocenters. The van der Waals surface area contributed by atoms with Crippen LogP contribution in [0.3, 0.4) is 0 Å². The van der Waals surface area contributed by atoms with Crippen molar-refractivity contribution in [2.45, 2.75) is 19.4 Å². The van der Waals surface area contributed by atoms with E-state index in [9.17, 15) is 13.2 Å². The van der Waals surface area contributed by atoms with Crippen LogP contribution in [0.2, 0.25) is 5.02 Å². The number of hydrogen-bond acceptors (Lipinski definition) is 2. The fourth-order valence-corrected chi connectivity index (χ4v) is 2.00. The maximum atomic E-state index is 12.7. The van der Waals surface area contributed by atoms with Crippen LogP contribution >= 0.6 is 11.6 Å².